The van der Waals surface area contributed by atoms with Gasteiger partial charge in [-0.1, -0.05) is 25.1 Å². The van der Waals surface area contributed by atoms with Crippen molar-refractivity contribution in [1.82, 2.24) is 24.7 Å². The van der Waals surface area contributed by atoms with Crippen LogP contribution in [0.5, 0.6) is 0 Å². The summed E-state index contributed by atoms with van der Waals surface area (Å²) in [5.41, 5.74) is 1.08. The average molecular weight is 289 g/mol. The normalized spacial score (nSPS) is 10.6. The first-order valence-corrected chi connectivity index (χ1v) is 7.06. The Bertz CT molecular complexity index is 685. The molecule has 0 spiro atoms. The molecule has 1 heterocycles. The molecule has 1 aromatic carbocycles. The predicted molar refractivity (Wildman–Crippen MR) is 78.7 cm³/mol. The fourth-order valence-electron chi connectivity index (χ4n) is 2.16. The number of hydrogen-bond acceptors (Lipinski definition) is 4. The van der Waals surface area contributed by atoms with Crippen LogP contribution in [0.2, 0.25) is 0 Å². The highest BCUT2D eigenvalue weighted by atomic mass is 16.2. The van der Waals surface area contributed by atoms with Crippen LogP contribution in [0.1, 0.15) is 26.3 Å². The Labute approximate surface area is 122 Å². The topological polar surface area (TPSA) is 73.0 Å². The van der Waals surface area contributed by atoms with Gasteiger partial charge in [0.15, 0.2) is 0 Å². The zero-order valence-corrected chi connectivity index (χ0v) is 12.5. The van der Waals surface area contributed by atoms with E-state index < -0.39 is 11.7 Å². The van der Waals surface area contributed by atoms with E-state index in [0.717, 1.165) is 16.7 Å². The van der Waals surface area contributed by atoms with Crippen LogP contribution in [0.4, 0.5) is 4.79 Å². The number of tetrazole rings is 1. The summed E-state index contributed by atoms with van der Waals surface area (Å²) in [5, 5.41) is 7.55. The summed E-state index contributed by atoms with van der Waals surface area (Å²) in [5.74, 6) is 0. The largest absolute Gasteiger partial charge is 0.377 e. The molecule has 0 unspecified atom stereocenters. The molecule has 0 bridgehead atoms. The maximum atomic E-state index is 12.4. The minimum Gasteiger partial charge on any atom is -0.323 e. The molecule has 0 aliphatic heterocycles. The Morgan fingerprint density at radius 2 is 1.81 bits per heavy atom. The molecule has 0 fully saturated rings. The Hall–Kier alpha value is -2.44. The van der Waals surface area contributed by atoms with Crippen molar-refractivity contribution in [2.75, 3.05) is 13.1 Å². The van der Waals surface area contributed by atoms with Crippen LogP contribution in [-0.4, -0.2) is 43.8 Å². The third kappa shape index (κ3) is 2.72. The van der Waals surface area contributed by atoms with Gasteiger partial charge in [-0.2, -0.15) is 4.68 Å². The number of carbonyl (C=O) groups excluding carboxylic acids is 1. The molecule has 112 valence electrons. The summed E-state index contributed by atoms with van der Waals surface area (Å²) in [4.78, 5) is 26.1. The quantitative estimate of drug-likeness (QED) is 0.795. The molecule has 7 nitrogen and oxygen atoms in total. The SMILES string of the molecule is CCc1ccccc1-n1nnn(C(=O)N(CC)CC)c1=O. The Kier molecular flexibility index (Phi) is 4.52. The summed E-state index contributed by atoms with van der Waals surface area (Å²) in [6, 6.07) is 6.99. The summed E-state index contributed by atoms with van der Waals surface area (Å²) >= 11 is 0. The molecule has 0 saturated carbocycles. The number of aryl methyl sites for hydroxylation is 1. The van der Waals surface area contributed by atoms with Gasteiger partial charge < -0.3 is 4.90 Å². The van der Waals surface area contributed by atoms with Crippen LogP contribution in [0.3, 0.4) is 0 Å². The standard InChI is InChI=1S/C14H19N5O2/c1-4-11-9-7-8-10-12(11)18-14(21)19(16-15-18)13(20)17(5-2)6-3/h7-10H,4-6H2,1-3H3. The average Bonchev–Trinajstić information content (AvgIpc) is 2.89. The van der Waals surface area contributed by atoms with Crippen molar-refractivity contribution in [3.05, 3.63) is 40.3 Å². The molecule has 2 aromatic rings. The van der Waals surface area contributed by atoms with Crippen LogP contribution in [0.25, 0.3) is 5.69 Å². The molecule has 0 aliphatic carbocycles. The fraction of sp³-hybridized carbons (Fsp3) is 0.429. The lowest BCUT2D eigenvalue weighted by atomic mass is 10.1. The van der Waals surface area contributed by atoms with E-state index in [9.17, 15) is 9.59 Å². The number of aromatic nitrogens is 4. The van der Waals surface area contributed by atoms with E-state index in [1.807, 2.05) is 39.0 Å². The lowest BCUT2D eigenvalue weighted by Gasteiger charge is -2.16. The summed E-state index contributed by atoms with van der Waals surface area (Å²) < 4.78 is 1.97. The van der Waals surface area contributed by atoms with Crippen molar-refractivity contribution in [3.8, 4) is 5.69 Å². The molecule has 7 heteroatoms. The number of benzene rings is 1. The molecule has 21 heavy (non-hydrogen) atoms. The second-order valence-electron chi connectivity index (χ2n) is 4.52. The molecule has 0 aliphatic rings. The van der Waals surface area contributed by atoms with Crippen molar-refractivity contribution in [2.24, 2.45) is 0 Å². The molecular formula is C14H19N5O2. The first kappa shape index (κ1) is 15.0. The number of hydrogen-bond donors (Lipinski definition) is 0. The minimum atomic E-state index is -0.548. The van der Waals surface area contributed by atoms with Crippen molar-refractivity contribution in [2.45, 2.75) is 27.2 Å². The smallest absolute Gasteiger partial charge is 0.323 e. The number of amides is 1. The van der Waals surface area contributed by atoms with Crippen molar-refractivity contribution >= 4 is 6.03 Å². The summed E-state index contributed by atoms with van der Waals surface area (Å²) in [6.07, 6.45) is 0.763. The number of nitrogens with zero attached hydrogens (tertiary/aromatic N) is 5. The van der Waals surface area contributed by atoms with Gasteiger partial charge in [0.05, 0.1) is 5.69 Å². The van der Waals surface area contributed by atoms with Crippen LogP contribution in [0, 0.1) is 0 Å². The van der Waals surface area contributed by atoms with Crippen molar-refractivity contribution < 1.29 is 4.79 Å². The molecule has 0 atom stereocenters. The van der Waals surface area contributed by atoms with E-state index in [1.165, 1.54) is 9.58 Å². The summed E-state index contributed by atoms with van der Waals surface area (Å²) in [7, 11) is 0. The van der Waals surface area contributed by atoms with Gasteiger partial charge in [-0.3, -0.25) is 0 Å². The summed E-state index contributed by atoms with van der Waals surface area (Å²) in [6.45, 7) is 6.72. The van der Waals surface area contributed by atoms with Gasteiger partial charge in [0.25, 0.3) is 0 Å². The van der Waals surface area contributed by atoms with Crippen LogP contribution in [0.15, 0.2) is 29.1 Å². The van der Waals surface area contributed by atoms with E-state index >= 15 is 0 Å². The number of carbonyl (C=O) groups is 1. The zero-order chi connectivity index (χ0) is 15.4. The Morgan fingerprint density at radius 1 is 1.14 bits per heavy atom. The van der Waals surface area contributed by atoms with E-state index in [1.54, 1.807) is 6.07 Å². The van der Waals surface area contributed by atoms with Gasteiger partial charge in [-0.15, -0.1) is 4.68 Å². The lowest BCUT2D eigenvalue weighted by molar-refractivity contribution is 0.200. The minimum absolute atomic E-state index is 0.453. The van der Waals surface area contributed by atoms with Crippen LogP contribution in [-0.2, 0) is 6.42 Å². The molecule has 0 saturated heterocycles. The zero-order valence-electron chi connectivity index (χ0n) is 12.5. The number of para-hydroxylation sites is 1. The monoisotopic (exact) mass is 289 g/mol. The van der Waals surface area contributed by atoms with Gasteiger partial charge in [0, 0.05) is 13.1 Å². The van der Waals surface area contributed by atoms with Gasteiger partial charge in [-0.25, -0.2) is 9.59 Å². The van der Waals surface area contributed by atoms with E-state index in [0.29, 0.717) is 18.8 Å². The van der Waals surface area contributed by atoms with Crippen molar-refractivity contribution in [1.29, 1.82) is 0 Å². The molecule has 2 rings (SSSR count). The van der Waals surface area contributed by atoms with Gasteiger partial charge in [0.2, 0.25) is 0 Å². The lowest BCUT2D eigenvalue weighted by Crippen LogP contribution is -2.40. The second kappa shape index (κ2) is 6.34. The van der Waals surface area contributed by atoms with E-state index in [4.69, 9.17) is 0 Å². The first-order valence-electron chi connectivity index (χ1n) is 7.06. The second-order valence-corrected chi connectivity index (χ2v) is 4.52. The van der Waals surface area contributed by atoms with Crippen LogP contribution < -0.4 is 5.69 Å². The van der Waals surface area contributed by atoms with Crippen LogP contribution >= 0.6 is 0 Å². The molecule has 0 radical (unpaired) electrons. The van der Waals surface area contributed by atoms with E-state index in [-0.39, 0.29) is 0 Å². The third-order valence-electron chi connectivity index (χ3n) is 3.40. The Balaban J connectivity index is 2.46. The highest BCUT2D eigenvalue weighted by Gasteiger charge is 2.20. The maximum Gasteiger partial charge on any atom is 0.377 e. The van der Waals surface area contributed by atoms with Gasteiger partial charge in [-0.05, 0) is 42.3 Å². The van der Waals surface area contributed by atoms with E-state index in [2.05, 4.69) is 10.4 Å². The fourth-order valence-corrected chi connectivity index (χ4v) is 2.16. The molecule has 1 amide bonds. The highest BCUT2D eigenvalue weighted by molar-refractivity contribution is 5.75. The number of rotatable bonds is 4. The molecule has 0 N–H and O–H groups in total. The van der Waals surface area contributed by atoms with Gasteiger partial charge >= 0.3 is 11.7 Å². The highest BCUT2D eigenvalue weighted by Crippen LogP contribution is 2.11. The predicted octanol–water partition coefficient (Wildman–Crippen LogP) is 1.30. The van der Waals surface area contributed by atoms with Gasteiger partial charge in [0.1, 0.15) is 0 Å². The third-order valence-corrected chi connectivity index (χ3v) is 3.40. The molecular weight excluding hydrogens is 270 g/mol. The Morgan fingerprint density at radius 3 is 2.43 bits per heavy atom. The van der Waals surface area contributed by atoms with Crippen molar-refractivity contribution in [3.63, 3.8) is 0 Å². The first-order chi connectivity index (χ1) is 10.1. The molecule has 1 aromatic heterocycles. The maximum absolute atomic E-state index is 12.4.